The van der Waals surface area contributed by atoms with Crippen molar-refractivity contribution in [3.63, 3.8) is 0 Å². The molecule has 3 aromatic carbocycles. The molecule has 0 radical (unpaired) electrons. The number of aromatic nitrogens is 2. The number of carbonyl (C=O) groups is 1. The summed E-state index contributed by atoms with van der Waals surface area (Å²) in [5, 5.41) is 10.6. The van der Waals surface area contributed by atoms with Crippen LogP contribution in [0.2, 0.25) is 0 Å². The summed E-state index contributed by atoms with van der Waals surface area (Å²) in [4.78, 5) is 16.8. The predicted octanol–water partition coefficient (Wildman–Crippen LogP) is 7.23. The van der Waals surface area contributed by atoms with Crippen molar-refractivity contribution in [2.45, 2.75) is 32.2 Å². The molecule has 2 heterocycles. The average molecular weight is 537 g/mol. The van der Waals surface area contributed by atoms with Crippen molar-refractivity contribution in [3.05, 3.63) is 107 Å². The molecule has 0 saturated carbocycles. The lowest BCUT2D eigenvalue weighted by Gasteiger charge is -2.08. The van der Waals surface area contributed by atoms with Gasteiger partial charge < -0.3 is 14.4 Å². The number of thiazole rings is 1. The molecule has 2 aromatic heterocycles. The second kappa shape index (κ2) is 10.7. The molecule has 1 N–H and O–H groups in total. The van der Waals surface area contributed by atoms with Crippen molar-refractivity contribution in [2.75, 3.05) is 0 Å². The number of hydrogen-bond donors (Lipinski definition) is 1. The van der Waals surface area contributed by atoms with Gasteiger partial charge in [0.2, 0.25) is 0 Å². The van der Waals surface area contributed by atoms with Crippen LogP contribution in [0.15, 0.2) is 85.1 Å². The molecule has 0 aliphatic rings. The molecule has 5 aromatic rings. The number of ether oxygens (including phenoxy) is 1. The van der Waals surface area contributed by atoms with E-state index in [0.29, 0.717) is 22.7 Å². The Labute approximate surface area is 220 Å². The summed E-state index contributed by atoms with van der Waals surface area (Å²) in [6.45, 7) is 0.131. The molecule has 5 nitrogen and oxygen atoms in total. The second-order valence-electron chi connectivity index (χ2n) is 8.80. The van der Waals surface area contributed by atoms with E-state index < -0.39 is 17.7 Å². The number of rotatable bonds is 9. The van der Waals surface area contributed by atoms with Gasteiger partial charge in [-0.2, -0.15) is 13.2 Å². The molecule has 0 saturated heterocycles. The van der Waals surface area contributed by atoms with E-state index in [9.17, 15) is 18.0 Å². The topological polar surface area (TPSA) is 64.3 Å². The van der Waals surface area contributed by atoms with E-state index in [1.54, 1.807) is 16.8 Å². The highest BCUT2D eigenvalue weighted by molar-refractivity contribution is 7.15. The van der Waals surface area contributed by atoms with Crippen LogP contribution in [-0.2, 0) is 37.0 Å². The Hall–Kier alpha value is -4.11. The molecule has 0 aliphatic heterocycles. The lowest BCUT2D eigenvalue weighted by Crippen LogP contribution is -2.07. The lowest BCUT2D eigenvalue weighted by atomic mass is 10.1. The number of aryl methyl sites for hydroxylation is 2. The zero-order chi connectivity index (χ0) is 26.7. The Morgan fingerprint density at radius 3 is 2.45 bits per heavy atom. The molecule has 0 aliphatic carbocycles. The normalized spacial score (nSPS) is 11.7. The van der Waals surface area contributed by atoms with Gasteiger partial charge in [0.15, 0.2) is 0 Å². The van der Waals surface area contributed by atoms with Crippen LogP contribution in [0.25, 0.3) is 21.5 Å². The Balaban J connectivity index is 1.38. The Morgan fingerprint density at radius 1 is 0.974 bits per heavy atom. The number of fused-ring (bicyclic) bond motifs is 1. The number of halogens is 3. The zero-order valence-corrected chi connectivity index (χ0v) is 20.9. The van der Waals surface area contributed by atoms with Crippen LogP contribution >= 0.6 is 11.3 Å². The van der Waals surface area contributed by atoms with E-state index in [2.05, 4.69) is 0 Å². The zero-order valence-electron chi connectivity index (χ0n) is 20.1. The molecule has 38 heavy (non-hydrogen) atoms. The molecule has 9 heteroatoms. The van der Waals surface area contributed by atoms with Crippen LogP contribution in [0.5, 0.6) is 5.75 Å². The van der Waals surface area contributed by atoms with Gasteiger partial charge in [0.05, 0.1) is 16.1 Å². The number of aliphatic carboxylic acids is 1. The molecule has 0 atom stereocenters. The molecule has 194 valence electrons. The van der Waals surface area contributed by atoms with Crippen LogP contribution in [0.4, 0.5) is 13.2 Å². The number of alkyl halides is 3. The average Bonchev–Trinajstić information content (AvgIpc) is 3.50. The first-order valence-corrected chi connectivity index (χ1v) is 12.7. The molecular formula is C29H23F3N2O3S. The smallest absolute Gasteiger partial charge is 0.416 e. The van der Waals surface area contributed by atoms with Gasteiger partial charge in [-0.3, -0.25) is 4.79 Å². The fraction of sp³-hybridized carbons (Fsp3) is 0.172. The van der Waals surface area contributed by atoms with Gasteiger partial charge in [-0.25, -0.2) is 4.98 Å². The maximum absolute atomic E-state index is 13.0. The predicted molar refractivity (Wildman–Crippen MR) is 140 cm³/mol. The summed E-state index contributed by atoms with van der Waals surface area (Å²) in [5.41, 5.74) is 2.74. The van der Waals surface area contributed by atoms with Crippen molar-refractivity contribution in [1.82, 2.24) is 9.55 Å². The van der Waals surface area contributed by atoms with Crippen LogP contribution in [0.3, 0.4) is 0 Å². The third kappa shape index (κ3) is 5.89. The summed E-state index contributed by atoms with van der Waals surface area (Å²) in [6, 6.07) is 22.4. The number of carboxylic acid groups (broad SMARTS) is 1. The van der Waals surface area contributed by atoms with Gasteiger partial charge in [-0.15, -0.1) is 11.3 Å². The van der Waals surface area contributed by atoms with Crippen LogP contribution < -0.4 is 4.74 Å². The van der Waals surface area contributed by atoms with Crippen molar-refractivity contribution in [2.24, 2.45) is 0 Å². The van der Waals surface area contributed by atoms with Crippen molar-refractivity contribution >= 4 is 28.2 Å². The van der Waals surface area contributed by atoms with E-state index in [4.69, 9.17) is 14.8 Å². The molecule has 0 spiro atoms. The Kier molecular flexibility index (Phi) is 7.20. The number of carboxylic acids is 1. The minimum Gasteiger partial charge on any atom is -0.488 e. The highest BCUT2D eigenvalue weighted by atomic mass is 32.1. The van der Waals surface area contributed by atoms with Crippen LogP contribution in [0.1, 0.15) is 21.7 Å². The van der Waals surface area contributed by atoms with Gasteiger partial charge in [0.25, 0.3) is 0 Å². The molecule has 0 bridgehead atoms. The fourth-order valence-electron chi connectivity index (χ4n) is 4.22. The highest BCUT2D eigenvalue weighted by Crippen LogP contribution is 2.34. The monoisotopic (exact) mass is 536 g/mol. The van der Waals surface area contributed by atoms with E-state index >= 15 is 0 Å². The molecule has 5 rings (SSSR count). The lowest BCUT2D eigenvalue weighted by molar-refractivity contribution is -0.138. The van der Waals surface area contributed by atoms with E-state index in [1.807, 2.05) is 48.5 Å². The summed E-state index contributed by atoms with van der Waals surface area (Å²) in [6.07, 6.45) is -1.23. The SMILES string of the molecule is O=C(O)Cn1ccc2cc(OCc3sc(-c4ccc(C(F)(F)F)cc4)nc3CCc3ccccc3)ccc21. The summed E-state index contributed by atoms with van der Waals surface area (Å²) < 4.78 is 46.8. The fourth-order valence-corrected chi connectivity index (χ4v) is 5.25. The van der Waals surface area contributed by atoms with E-state index in [0.717, 1.165) is 40.0 Å². The van der Waals surface area contributed by atoms with Gasteiger partial charge in [-0.1, -0.05) is 42.5 Å². The largest absolute Gasteiger partial charge is 0.488 e. The first kappa shape index (κ1) is 25.5. The Bertz CT molecular complexity index is 1560. The number of hydrogen-bond acceptors (Lipinski definition) is 4. The first-order valence-electron chi connectivity index (χ1n) is 11.9. The summed E-state index contributed by atoms with van der Waals surface area (Å²) in [5.74, 6) is -0.288. The van der Waals surface area contributed by atoms with Crippen molar-refractivity contribution in [3.8, 4) is 16.3 Å². The standard InChI is InChI=1S/C29H23F3N2O3S/c30-29(31,32)22-9-7-20(8-10-22)28-33-24(12-6-19-4-2-1-3-5-19)26(38-28)18-37-23-11-13-25-21(16-23)14-15-34(25)17-27(35)36/h1-5,7-11,13-16H,6,12,17-18H2,(H,35,36). The quantitative estimate of drug-likeness (QED) is 0.216. The van der Waals surface area contributed by atoms with Crippen LogP contribution in [0, 0.1) is 0 Å². The third-order valence-electron chi connectivity index (χ3n) is 6.15. The maximum atomic E-state index is 13.0. The molecular weight excluding hydrogens is 513 g/mol. The molecule has 0 fully saturated rings. The van der Waals surface area contributed by atoms with E-state index in [-0.39, 0.29) is 13.2 Å². The Morgan fingerprint density at radius 2 is 1.74 bits per heavy atom. The van der Waals surface area contributed by atoms with Crippen molar-refractivity contribution < 1.29 is 27.8 Å². The van der Waals surface area contributed by atoms with Gasteiger partial charge in [-0.05, 0) is 54.8 Å². The summed E-state index contributed by atoms with van der Waals surface area (Å²) in [7, 11) is 0. The first-order chi connectivity index (χ1) is 18.3. The molecule has 0 unspecified atom stereocenters. The third-order valence-corrected chi connectivity index (χ3v) is 7.27. The minimum absolute atomic E-state index is 0.123. The summed E-state index contributed by atoms with van der Waals surface area (Å²) >= 11 is 1.41. The van der Waals surface area contributed by atoms with Crippen LogP contribution in [-0.4, -0.2) is 20.6 Å². The maximum Gasteiger partial charge on any atom is 0.416 e. The van der Waals surface area contributed by atoms with E-state index in [1.165, 1.54) is 29.0 Å². The minimum atomic E-state index is -4.39. The van der Waals surface area contributed by atoms with Gasteiger partial charge in [0, 0.05) is 22.7 Å². The number of benzene rings is 3. The van der Waals surface area contributed by atoms with Gasteiger partial charge in [0.1, 0.15) is 23.9 Å². The second-order valence-corrected chi connectivity index (χ2v) is 9.88. The molecule has 0 amide bonds. The number of nitrogens with zero attached hydrogens (tertiary/aromatic N) is 2. The van der Waals surface area contributed by atoms with Gasteiger partial charge >= 0.3 is 12.1 Å². The van der Waals surface area contributed by atoms with Crippen molar-refractivity contribution in [1.29, 1.82) is 0 Å². The highest BCUT2D eigenvalue weighted by Gasteiger charge is 2.30.